The highest BCUT2D eigenvalue weighted by molar-refractivity contribution is 8.01. The van der Waals surface area contributed by atoms with E-state index in [0.29, 0.717) is 17.2 Å². The summed E-state index contributed by atoms with van der Waals surface area (Å²) in [4.78, 5) is 46.3. The fourth-order valence-electron chi connectivity index (χ4n) is 5.00. The third-order valence-electron chi connectivity index (χ3n) is 6.97. The van der Waals surface area contributed by atoms with E-state index in [-0.39, 0.29) is 5.70 Å². The first-order chi connectivity index (χ1) is 21.2. The summed E-state index contributed by atoms with van der Waals surface area (Å²) in [6, 6.07) is 21.9. The number of benzene rings is 2. The lowest BCUT2D eigenvalue weighted by atomic mass is 10.0. The molecule has 0 spiro atoms. The molecule has 1 N–H and O–H groups in total. The zero-order valence-corrected chi connectivity index (χ0v) is 26.0. The minimum atomic E-state index is -0.822. The third kappa shape index (κ3) is 6.31. The summed E-state index contributed by atoms with van der Waals surface area (Å²) in [5, 5.41) is 7.17. The number of hydrogen-bond acceptors (Lipinski definition) is 9. The zero-order chi connectivity index (χ0) is 30.8. The van der Waals surface area contributed by atoms with E-state index in [0.717, 1.165) is 21.7 Å². The second kappa shape index (κ2) is 12.4. The Hall–Kier alpha value is -4.29. The number of fused-ring (bicyclic) bond motifs is 2. The van der Waals surface area contributed by atoms with Gasteiger partial charge in [-0.05, 0) is 43.5 Å². The van der Waals surface area contributed by atoms with E-state index in [1.54, 1.807) is 31.5 Å². The highest BCUT2D eigenvalue weighted by Gasteiger charge is 2.55. The molecule has 0 saturated carbocycles. The fourth-order valence-corrected chi connectivity index (χ4v) is 7.35. The smallest absolute Gasteiger partial charge is 0.408 e. The molecule has 2 aromatic carbocycles. The van der Waals surface area contributed by atoms with Crippen LogP contribution in [0.4, 0.5) is 4.79 Å². The molecule has 4 aromatic rings. The van der Waals surface area contributed by atoms with Crippen molar-refractivity contribution in [1.82, 2.24) is 24.8 Å². The van der Waals surface area contributed by atoms with E-state index in [4.69, 9.17) is 9.47 Å². The largest absolute Gasteiger partial charge is 0.448 e. The van der Waals surface area contributed by atoms with Crippen LogP contribution in [0.2, 0.25) is 0 Å². The lowest BCUT2D eigenvalue weighted by Gasteiger charge is -2.49. The topological polar surface area (TPSA) is 115 Å². The second-order valence-electron chi connectivity index (χ2n) is 11.3. The van der Waals surface area contributed by atoms with Gasteiger partial charge in [-0.2, -0.15) is 5.10 Å². The number of β-lactam (4-membered cyclic amide) rings is 1. The Morgan fingerprint density at radius 1 is 1.05 bits per heavy atom. The molecule has 1 saturated heterocycles. The first-order valence-corrected chi connectivity index (χ1v) is 16.1. The Morgan fingerprint density at radius 2 is 1.73 bits per heavy atom. The number of rotatable bonds is 8. The van der Waals surface area contributed by atoms with Crippen LogP contribution < -0.4 is 5.32 Å². The molecule has 226 valence electrons. The third-order valence-corrected chi connectivity index (χ3v) is 9.32. The van der Waals surface area contributed by atoms with E-state index in [2.05, 4.69) is 15.4 Å². The van der Waals surface area contributed by atoms with Crippen molar-refractivity contribution in [3.05, 3.63) is 108 Å². The van der Waals surface area contributed by atoms with Gasteiger partial charge >= 0.3 is 12.1 Å². The van der Waals surface area contributed by atoms with Crippen LogP contribution in [0.5, 0.6) is 0 Å². The minimum absolute atomic E-state index is 0.204. The van der Waals surface area contributed by atoms with Crippen LogP contribution in [-0.2, 0) is 19.1 Å². The minimum Gasteiger partial charge on any atom is -0.448 e. The van der Waals surface area contributed by atoms with Crippen LogP contribution in [0.25, 0.3) is 5.65 Å². The number of amides is 2. The van der Waals surface area contributed by atoms with Gasteiger partial charge in [0.05, 0.1) is 6.20 Å². The van der Waals surface area contributed by atoms with Crippen LogP contribution in [0.3, 0.4) is 0 Å². The maximum absolute atomic E-state index is 14.1. The molecule has 44 heavy (non-hydrogen) atoms. The van der Waals surface area contributed by atoms with Crippen LogP contribution in [0.1, 0.15) is 38.0 Å². The standard InChI is InChI=1S/C32H31N5O5S2/c1-32(2,3)42-31(40)35-25-28(38)37-26(30(39)41-27(20-10-6-4-7-11-20)21-12-8-5-9-13-21)22(19-44-29(25)37)18-43-24-15-17-36-23(34-24)14-16-33-36/h4-17,25,27,29H,18-19H2,1-3H3,(H,35,40)/t25-,29-/m1/s1. The van der Waals surface area contributed by atoms with E-state index in [1.165, 1.54) is 28.4 Å². The highest BCUT2D eigenvalue weighted by Crippen LogP contribution is 2.43. The normalized spacial score (nSPS) is 18.2. The highest BCUT2D eigenvalue weighted by atomic mass is 32.2. The Balaban J connectivity index is 1.30. The molecular weight excluding hydrogens is 599 g/mol. The number of ether oxygens (including phenoxy) is 2. The second-order valence-corrected chi connectivity index (χ2v) is 13.4. The molecule has 10 nitrogen and oxygen atoms in total. The van der Waals surface area contributed by atoms with Gasteiger partial charge in [-0.15, -0.1) is 23.5 Å². The molecule has 2 amide bonds. The number of carbonyl (C=O) groups excluding carboxylic acids is 3. The van der Waals surface area contributed by atoms with Gasteiger partial charge in [0, 0.05) is 23.8 Å². The Kier molecular flexibility index (Phi) is 8.37. The molecule has 0 unspecified atom stereocenters. The monoisotopic (exact) mass is 629 g/mol. The molecule has 0 bridgehead atoms. The number of carbonyl (C=O) groups is 3. The van der Waals surface area contributed by atoms with Crippen molar-refractivity contribution in [3.8, 4) is 0 Å². The van der Waals surface area contributed by atoms with E-state index < -0.39 is 41.1 Å². The van der Waals surface area contributed by atoms with Gasteiger partial charge in [0.1, 0.15) is 27.7 Å². The van der Waals surface area contributed by atoms with Gasteiger partial charge in [0.15, 0.2) is 11.8 Å². The average molecular weight is 630 g/mol. The van der Waals surface area contributed by atoms with Crippen LogP contribution in [0, 0.1) is 0 Å². The van der Waals surface area contributed by atoms with Crippen molar-refractivity contribution < 1.29 is 23.9 Å². The Morgan fingerprint density at radius 3 is 2.39 bits per heavy atom. The molecule has 0 radical (unpaired) electrons. The van der Waals surface area contributed by atoms with E-state index in [1.807, 2.05) is 79.0 Å². The van der Waals surface area contributed by atoms with Crippen molar-refractivity contribution in [2.75, 3.05) is 11.5 Å². The molecule has 2 aliphatic rings. The summed E-state index contributed by atoms with van der Waals surface area (Å²) in [6.07, 6.45) is 2.14. The molecule has 6 rings (SSSR count). The first-order valence-electron chi connectivity index (χ1n) is 14.1. The zero-order valence-electron chi connectivity index (χ0n) is 24.4. The molecule has 2 atom stereocenters. The average Bonchev–Trinajstić information content (AvgIpc) is 3.49. The van der Waals surface area contributed by atoms with Gasteiger partial charge in [0.2, 0.25) is 0 Å². The molecule has 12 heteroatoms. The van der Waals surface area contributed by atoms with Gasteiger partial charge in [0.25, 0.3) is 5.91 Å². The van der Waals surface area contributed by atoms with Crippen LogP contribution in [0.15, 0.2) is 101 Å². The van der Waals surface area contributed by atoms with E-state index in [9.17, 15) is 14.4 Å². The fraction of sp³-hybridized carbons (Fsp3) is 0.281. The number of esters is 1. The SMILES string of the molecule is CC(C)(C)OC(=O)N[C@@H]1C(=O)N2C(C(=O)OC(c3ccccc3)c3ccccc3)=C(CSc3ccn4nccc4n3)CS[C@H]12. The number of nitrogens with one attached hydrogen (secondary N) is 1. The maximum atomic E-state index is 14.1. The summed E-state index contributed by atoms with van der Waals surface area (Å²) < 4.78 is 13.3. The van der Waals surface area contributed by atoms with Crippen LogP contribution >= 0.6 is 23.5 Å². The Labute approximate surface area is 263 Å². The number of aromatic nitrogens is 3. The molecule has 0 aliphatic carbocycles. The van der Waals surface area contributed by atoms with Crippen molar-refractivity contribution in [1.29, 1.82) is 0 Å². The number of thioether (sulfide) groups is 2. The summed E-state index contributed by atoms with van der Waals surface area (Å²) in [5.41, 5.74) is 2.57. The number of alkyl carbamates (subject to hydrolysis) is 1. The summed E-state index contributed by atoms with van der Waals surface area (Å²) >= 11 is 2.95. The Bertz CT molecular complexity index is 1680. The summed E-state index contributed by atoms with van der Waals surface area (Å²) in [6.45, 7) is 5.27. The molecule has 1 fully saturated rings. The maximum Gasteiger partial charge on any atom is 0.408 e. The van der Waals surface area contributed by atoms with Crippen molar-refractivity contribution in [2.24, 2.45) is 0 Å². The van der Waals surface area contributed by atoms with Gasteiger partial charge in [-0.1, -0.05) is 60.7 Å². The molecule has 2 aromatic heterocycles. The van der Waals surface area contributed by atoms with Crippen LogP contribution in [-0.4, -0.2) is 66.0 Å². The van der Waals surface area contributed by atoms with Crippen molar-refractivity contribution in [3.63, 3.8) is 0 Å². The first kappa shape index (κ1) is 29.8. The molecule has 2 aliphatic heterocycles. The van der Waals surface area contributed by atoms with E-state index >= 15 is 0 Å². The number of hydrogen-bond donors (Lipinski definition) is 1. The summed E-state index contributed by atoms with van der Waals surface area (Å²) in [5.74, 6) is -0.116. The molecule has 4 heterocycles. The lowest BCUT2D eigenvalue weighted by molar-refractivity contribution is -0.153. The predicted molar refractivity (Wildman–Crippen MR) is 168 cm³/mol. The van der Waals surface area contributed by atoms with Crippen molar-refractivity contribution >= 4 is 47.1 Å². The van der Waals surface area contributed by atoms with Gasteiger partial charge in [-0.25, -0.2) is 19.1 Å². The lowest BCUT2D eigenvalue weighted by Crippen LogP contribution is -2.70. The summed E-state index contributed by atoms with van der Waals surface area (Å²) in [7, 11) is 0. The quantitative estimate of drug-likeness (QED) is 0.121. The van der Waals surface area contributed by atoms with Crippen molar-refractivity contribution in [2.45, 2.75) is 48.9 Å². The number of nitrogens with zero attached hydrogens (tertiary/aromatic N) is 4. The van der Waals surface area contributed by atoms with Gasteiger partial charge in [-0.3, -0.25) is 9.69 Å². The predicted octanol–water partition coefficient (Wildman–Crippen LogP) is 5.22. The van der Waals surface area contributed by atoms with Gasteiger partial charge < -0.3 is 14.8 Å². The molecular formula is C32H31N5O5S2.